The first-order valence-corrected chi connectivity index (χ1v) is 7.83. The van der Waals surface area contributed by atoms with E-state index in [0.29, 0.717) is 5.15 Å². The van der Waals surface area contributed by atoms with Gasteiger partial charge in [-0.3, -0.25) is 0 Å². The fourth-order valence-corrected chi connectivity index (χ4v) is 2.87. The molecule has 108 valence electrons. The number of nitrogens with zero attached hydrogens (tertiary/aromatic N) is 2. The largest absolute Gasteiger partial charge is 0.363 e. The van der Waals surface area contributed by atoms with Crippen LogP contribution in [-0.2, 0) is 5.41 Å². The molecule has 0 aliphatic carbocycles. The van der Waals surface area contributed by atoms with Crippen LogP contribution in [0.15, 0.2) is 18.2 Å². The van der Waals surface area contributed by atoms with E-state index in [1.165, 1.54) is 9.75 Å². The lowest BCUT2D eigenvalue weighted by Gasteiger charge is -2.19. The minimum Gasteiger partial charge on any atom is -0.363 e. The Bertz CT molecular complexity index is 601. The minimum atomic E-state index is -0.121. The first-order chi connectivity index (χ1) is 9.25. The molecule has 1 unspecified atom stereocenters. The molecule has 0 spiro atoms. The lowest BCUT2D eigenvalue weighted by atomic mass is 9.96. The van der Waals surface area contributed by atoms with Gasteiger partial charge in [0.05, 0.1) is 6.04 Å². The third kappa shape index (κ3) is 3.70. The van der Waals surface area contributed by atoms with Crippen molar-refractivity contribution < 1.29 is 0 Å². The van der Waals surface area contributed by atoms with Crippen molar-refractivity contribution in [3.63, 3.8) is 0 Å². The van der Waals surface area contributed by atoms with Crippen molar-refractivity contribution in [1.29, 1.82) is 0 Å². The summed E-state index contributed by atoms with van der Waals surface area (Å²) in [5.41, 5.74) is -0.121. The first kappa shape index (κ1) is 15.3. The Labute approximate surface area is 129 Å². The third-order valence-electron chi connectivity index (χ3n) is 2.92. The Morgan fingerprint density at radius 1 is 1.25 bits per heavy atom. The molecular weight excluding hydrogens is 290 g/mol. The molecule has 3 nitrogen and oxygen atoms in total. The predicted octanol–water partition coefficient (Wildman–Crippen LogP) is 4.97. The molecule has 2 rings (SSSR count). The van der Waals surface area contributed by atoms with Gasteiger partial charge >= 0.3 is 0 Å². The zero-order chi connectivity index (χ0) is 14.9. The van der Waals surface area contributed by atoms with Crippen molar-refractivity contribution in [1.82, 2.24) is 9.97 Å². The van der Waals surface area contributed by atoms with Crippen molar-refractivity contribution in [2.45, 2.75) is 46.1 Å². The van der Waals surface area contributed by atoms with Crippen LogP contribution in [0.5, 0.6) is 0 Å². The third-order valence-corrected chi connectivity index (χ3v) is 4.30. The molecule has 20 heavy (non-hydrogen) atoms. The van der Waals surface area contributed by atoms with Gasteiger partial charge in [-0.2, -0.15) is 0 Å². The Kier molecular flexibility index (Phi) is 4.35. The molecule has 0 aromatic carbocycles. The predicted molar refractivity (Wildman–Crippen MR) is 86.8 cm³/mol. The van der Waals surface area contributed by atoms with E-state index in [1.807, 2.05) is 0 Å². The van der Waals surface area contributed by atoms with E-state index in [2.05, 4.69) is 62.0 Å². The van der Waals surface area contributed by atoms with Gasteiger partial charge < -0.3 is 5.32 Å². The standard InChI is InChI=1S/C15H20ClN3S/c1-9-6-7-11(20-9)10(2)17-13-8-12(16)18-14(19-13)15(3,4)5/h6-8,10H,1-5H3,(H,17,18,19). The van der Waals surface area contributed by atoms with E-state index in [9.17, 15) is 0 Å². The van der Waals surface area contributed by atoms with Crippen LogP contribution in [0.25, 0.3) is 0 Å². The lowest BCUT2D eigenvalue weighted by Crippen LogP contribution is -2.18. The second-order valence-electron chi connectivity index (χ2n) is 5.96. The molecule has 1 atom stereocenters. The molecule has 0 fully saturated rings. The number of aryl methyl sites for hydroxylation is 1. The second kappa shape index (κ2) is 5.70. The van der Waals surface area contributed by atoms with E-state index in [-0.39, 0.29) is 11.5 Å². The van der Waals surface area contributed by atoms with Gasteiger partial charge in [0.1, 0.15) is 16.8 Å². The van der Waals surface area contributed by atoms with Gasteiger partial charge in [-0.25, -0.2) is 9.97 Å². The molecule has 2 aromatic rings. The molecule has 0 radical (unpaired) electrons. The Morgan fingerprint density at radius 3 is 2.50 bits per heavy atom. The van der Waals surface area contributed by atoms with Gasteiger partial charge in [-0.15, -0.1) is 11.3 Å². The number of halogens is 1. The van der Waals surface area contributed by atoms with Gasteiger partial charge in [0.2, 0.25) is 0 Å². The second-order valence-corrected chi connectivity index (χ2v) is 7.67. The van der Waals surface area contributed by atoms with Crippen LogP contribution < -0.4 is 5.32 Å². The number of rotatable bonds is 3. The fourth-order valence-electron chi connectivity index (χ4n) is 1.81. The number of thiophene rings is 1. The van der Waals surface area contributed by atoms with E-state index in [4.69, 9.17) is 11.6 Å². The van der Waals surface area contributed by atoms with Crippen LogP contribution in [0.1, 0.15) is 49.3 Å². The number of aromatic nitrogens is 2. The number of anilines is 1. The topological polar surface area (TPSA) is 37.8 Å². The van der Waals surface area contributed by atoms with Crippen molar-refractivity contribution in [3.8, 4) is 0 Å². The van der Waals surface area contributed by atoms with Crippen molar-refractivity contribution >= 4 is 28.8 Å². The van der Waals surface area contributed by atoms with Gasteiger partial charge in [0, 0.05) is 21.2 Å². The SMILES string of the molecule is Cc1ccc(C(C)Nc2cc(Cl)nc(C(C)(C)C)n2)s1. The maximum atomic E-state index is 6.10. The molecule has 1 N–H and O–H groups in total. The first-order valence-electron chi connectivity index (χ1n) is 6.63. The summed E-state index contributed by atoms with van der Waals surface area (Å²) in [4.78, 5) is 11.5. The highest BCUT2D eigenvalue weighted by molar-refractivity contribution is 7.12. The van der Waals surface area contributed by atoms with Crippen molar-refractivity contribution in [2.75, 3.05) is 5.32 Å². The highest BCUT2D eigenvalue weighted by Crippen LogP contribution is 2.27. The van der Waals surface area contributed by atoms with Crippen molar-refractivity contribution in [3.05, 3.63) is 38.9 Å². The summed E-state index contributed by atoms with van der Waals surface area (Å²) in [6, 6.07) is 6.25. The molecule has 5 heteroatoms. The van der Waals surface area contributed by atoms with Crippen LogP contribution in [-0.4, -0.2) is 9.97 Å². The minimum absolute atomic E-state index is 0.121. The van der Waals surface area contributed by atoms with Crippen LogP contribution in [0, 0.1) is 6.92 Å². The molecule has 0 aliphatic rings. The summed E-state index contributed by atoms with van der Waals surface area (Å²) in [6.45, 7) is 10.5. The molecule has 2 heterocycles. The smallest absolute Gasteiger partial charge is 0.137 e. The Morgan fingerprint density at radius 2 is 1.95 bits per heavy atom. The normalized spacial score (nSPS) is 13.3. The van der Waals surface area contributed by atoms with Crippen molar-refractivity contribution in [2.24, 2.45) is 0 Å². The Hall–Kier alpha value is -1.13. The molecule has 0 saturated heterocycles. The molecule has 2 aromatic heterocycles. The van der Waals surface area contributed by atoms with E-state index >= 15 is 0 Å². The number of nitrogens with one attached hydrogen (secondary N) is 1. The van der Waals surface area contributed by atoms with E-state index in [0.717, 1.165) is 11.6 Å². The molecule has 0 bridgehead atoms. The van der Waals surface area contributed by atoms with E-state index in [1.54, 1.807) is 17.4 Å². The highest BCUT2D eigenvalue weighted by atomic mass is 35.5. The summed E-state index contributed by atoms with van der Waals surface area (Å²) in [7, 11) is 0. The molecule has 0 amide bonds. The quantitative estimate of drug-likeness (QED) is 0.813. The van der Waals surface area contributed by atoms with Crippen LogP contribution >= 0.6 is 22.9 Å². The van der Waals surface area contributed by atoms with Crippen LogP contribution in [0.3, 0.4) is 0 Å². The molecule has 0 saturated carbocycles. The van der Waals surface area contributed by atoms with Crippen LogP contribution in [0.2, 0.25) is 5.15 Å². The lowest BCUT2D eigenvalue weighted by molar-refractivity contribution is 0.545. The Balaban J connectivity index is 2.23. The molecule has 0 aliphatic heterocycles. The summed E-state index contributed by atoms with van der Waals surface area (Å²) < 4.78 is 0. The van der Waals surface area contributed by atoms with Gasteiger partial charge in [0.15, 0.2) is 0 Å². The maximum absolute atomic E-state index is 6.10. The summed E-state index contributed by atoms with van der Waals surface area (Å²) >= 11 is 7.89. The van der Waals surface area contributed by atoms with Crippen LogP contribution in [0.4, 0.5) is 5.82 Å². The average Bonchev–Trinajstić information content (AvgIpc) is 2.74. The zero-order valence-corrected chi connectivity index (χ0v) is 14.1. The highest BCUT2D eigenvalue weighted by Gasteiger charge is 2.19. The maximum Gasteiger partial charge on any atom is 0.137 e. The van der Waals surface area contributed by atoms with Gasteiger partial charge in [-0.1, -0.05) is 32.4 Å². The zero-order valence-electron chi connectivity index (χ0n) is 12.5. The number of hydrogen-bond acceptors (Lipinski definition) is 4. The fraction of sp³-hybridized carbons (Fsp3) is 0.467. The average molecular weight is 310 g/mol. The monoisotopic (exact) mass is 309 g/mol. The summed E-state index contributed by atoms with van der Waals surface area (Å²) in [5, 5.41) is 3.87. The van der Waals surface area contributed by atoms with Gasteiger partial charge in [0.25, 0.3) is 0 Å². The van der Waals surface area contributed by atoms with Gasteiger partial charge in [-0.05, 0) is 26.0 Å². The number of hydrogen-bond donors (Lipinski definition) is 1. The summed E-state index contributed by atoms with van der Waals surface area (Å²) in [5.74, 6) is 1.52. The van der Waals surface area contributed by atoms with E-state index < -0.39 is 0 Å². The summed E-state index contributed by atoms with van der Waals surface area (Å²) in [6.07, 6.45) is 0. The molecular formula is C15H20ClN3S.